The van der Waals surface area contributed by atoms with Crippen molar-refractivity contribution in [1.29, 1.82) is 0 Å². The summed E-state index contributed by atoms with van der Waals surface area (Å²) < 4.78 is 5.77. The summed E-state index contributed by atoms with van der Waals surface area (Å²) in [5.41, 5.74) is 4.51. The molecule has 45 heavy (non-hydrogen) atoms. The van der Waals surface area contributed by atoms with E-state index >= 15 is 0 Å². The Bertz CT molecular complexity index is 1280. The van der Waals surface area contributed by atoms with Gasteiger partial charge < -0.3 is 26.0 Å². The molecule has 2 aromatic carbocycles. The van der Waals surface area contributed by atoms with Crippen molar-refractivity contribution in [3.63, 3.8) is 0 Å². The lowest BCUT2D eigenvalue weighted by Crippen LogP contribution is -2.57. The van der Waals surface area contributed by atoms with Gasteiger partial charge in [-0.3, -0.25) is 14.4 Å². The molecule has 0 spiro atoms. The zero-order valence-corrected chi connectivity index (χ0v) is 27.2. The van der Waals surface area contributed by atoms with Gasteiger partial charge in [0, 0.05) is 12.5 Å². The first-order valence-corrected chi connectivity index (χ1v) is 16.7. The standard InChI is InChI=1S/C36H50N4O5/c1-5-30(34(42)39-31(20-23(3)4)33(41)37-6-2)38-35(43)32(21-24-14-8-7-9-15-24)40-36(44)45-22-29-27-18-12-10-16-25(27)26-17-11-13-19-28(26)29/h10-13,16-19,23-24,29-32H,5-9,14-15,20-22H2,1-4H3,(H,37,41)(H,38,43)(H,39,42)(H,40,44). The van der Waals surface area contributed by atoms with Crippen LogP contribution in [0.4, 0.5) is 4.79 Å². The molecule has 1 saturated carbocycles. The van der Waals surface area contributed by atoms with E-state index < -0.39 is 36.0 Å². The molecule has 244 valence electrons. The average Bonchev–Trinajstić information content (AvgIpc) is 3.35. The number of ether oxygens (including phenoxy) is 1. The van der Waals surface area contributed by atoms with Crippen LogP contribution in [0.2, 0.25) is 0 Å². The highest BCUT2D eigenvalue weighted by Gasteiger charge is 2.33. The van der Waals surface area contributed by atoms with Crippen LogP contribution in [0.5, 0.6) is 0 Å². The quantitative estimate of drug-likeness (QED) is 0.225. The predicted octanol–water partition coefficient (Wildman–Crippen LogP) is 5.43. The van der Waals surface area contributed by atoms with E-state index in [0.29, 0.717) is 31.7 Å². The molecule has 2 aromatic rings. The Morgan fingerprint density at radius 1 is 0.756 bits per heavy atom. The Morgan fingerprint density at radius 3 is 1.91 bits per heavy atom. The van der Waals surface area contributed by atoms with E-state index in [1.807, 2.05) is 52.0 Å². The Kier molecular flexibility index (Phi) is 12.4. The van der Waals surface area contributed by atoms with Gasteiger partial charge in [-0.05, 0) is 60.3 Å². The molecule has 2 aliphatic carbocycles. The Hall–Kier alpha value is -3.88. The maximum absolute atomic E-state index is 13.7. The van der Waals surface area contributed by atoms with Crippen LogP contribution in [-0.4, -0.2) is 55.1 Å². The first-order chi connectivity index (χ1) is 21.7. The van der Waals surface area contributed by atoms with Crippen LogP contribution in [0.15, 0.2) is 48.5 Å². The number of amides is 4. The van der Waals surface area contributed by atoms with E-state index in [0.717, 1.165) is 47.9 Å². The third kappa shape index (κ3) is 9.08. The fourth-order valence-corrected chi connectivity index (χ4v) is 6.67. The Morgan fingerprint density at radius 2 is 1.33 bits per heavy atom. The second-order valence-corrected chi connectivity index (χ2v) is 12.8. The number of hydrogen-bond acceptors (Lipinski definition) is 5. The molecule has 3 unspecified atom stereocenters. The van der Waals surface area contributed by atoms with Crippen molar-refractivity contribution in [2.75, 3.05) is 13.2 Å². The summed E-state index contributed by atoms with van der Waals surface area (Å²) in [6, 6.07) is 13.9. The molecular formula is C36H50N4O5. The number of hydrogen-bond donors (Lipinski definition) is 4. The zero-order chi connectivity index (χ0) is 32.3. The van der Waals surface area contributed by atoms with Gasteiger partial charge in [-0.25, -0.2) is 4.79 Å². The minimum Gasteiger partial charge on any atom is -0.449 e. The Balaban J connectivity index is 1.42. The molecule has 3 atom stereocenters. The van der Waals surface area contributed by atoms with Gasteiger partial charge in [0.05, 0.1) is 0 Å². The first kappa shape index (κ1) is 34.0. The van der Waals surface area contributed by atoms with Crippen molar-refractivity contribution in [2.24, 2.45) is 11.8 Å². The zero-order valence-electron chi connectivity index (χ0n) is 27.2. The number of benzene rings is 2. The lowest BCUT2D eigenvalue weighted by atomic mass is 9.84. The van der Waals surface area contributed by atoms with Gasteiger partial charge in [0.1, 0.15) is 24.7 Å². The van der Waals surface area contributed by atoms with Crippen LogP contribution < -0.4 is 21.3 Å². The van der Waals surface area contributed by atoms with Gasteiger partial charge >= 0.3 is 6.09 Å². The minimum atomic E-state index is -0.847. The second-order valence-electron chi connectivity index (χ2n) is 12.8. The van der Waals surface area contributed by atoms with E-state index in [1.54, 1.807) is 0 Å². The predicted molar refractivity (Wildman–Crippen MR) is 175 cm³/mol. The number of alkyl carbamates (subject to hydrolysis) is 1. The first-order valence-electron chi connectivity index (χ1n) is 16.7. The van der Waals surface area contributed by atoms with Gasteiger partial charge in [-0.1, -0.05) is 101 Å². The van der Waals surface area contributed by atoms with Crippen LogP contribution in [-0.2, 0) is 19.1 Å². The fourth-order valence-electron chi connectivity index (χ4n) is 6.67. The molecular weight excluding hydrogens is 568 g/mol. The van der Waals surface area contributed by atoms with Crippen molar-refractivity contribution in [3.8, 4) is 11.1 Å². The fraction of sp³-hybridized carbons (Fsp3) is 0.556. The van der Waals surface area contributed by atoms with E-state index in [9.17, 15) is 19.2 Å². The maximum atomic E-state index is 13.7. The molecule has 0 saturated heterocycles. The monoisotopic (exact) mass is 618 g/mol. The summed E-state index contributed by atoms with van der Waals surface area (Å²) in [5, 5.41) is 11.3. The van der Waals surface area contributed by atoms with Crippen LogP contribution in [0.25, 0.3) is 11.1 Å². The van der Waals surface area contributed by atoms with Gasteiger partial charge in [0.15, 0.2) is 0 Å². The summed E-state index contributed by atoms with van der Waals surface area (Å²) in [7, 11) is 0. The van der Waals surface area contributed by atoms with Crippen LogP contribution in [0.3, 0.4) is 0 Å². The highest BCUT2D eigenvalue weighted by Crippen LogP contribution is 2.44. The average molecular weight is 619 g/mol. The van der Waals surface area contributed by atoms with Crippen LogP contribution in [0.1, 0.15) is 96.1 Å². The van der Waals surface area contributed by atoms with E-state index in [-0.39, 0.29) is 24.3 Å². The summed E-state index contributed by atoms with van der Waals surface area (Å²) in [6.07, 6.45) is 6.00. The summed E-state index contributed by atoms with van der Waals surface area (Å²) in [6.45, 7) is 8.22. The third-order valence-corrected chi connectivity index (χ3v) is 8.98. The molecule has 0 aliphatic heterocycles. The summed E-state index contributed by atoms with van der Waals surface area (Å²) in [5.74, 6) is -0.687. The highest BCUT2D eigenvalue weighted by atomic mass is 16.5. The topological polar surface area (TPSA) is 126 Å². The molecule has 4 rings (SSSR count). The minimum absolute atomic E-state index is 0.0920. The maximum Gasteiger partial charge on any atom is 0.407 e. The molecule has 2 aliphatic rings. The molecule has 4 N–H and O–H groups in total. The van der Waals surface area contributed by atoms with E-state index in [2.05, 4.69) is 45.5 Å². The molecule has 9 heteroatoms. The molecule has 0 bridgehead atoms. The van der Waals surface area contributed by atoms with Crippen LogP contribution >= 0.6 is 0 Å². The van der Waals surface area contributed by atoms with Gasteiger partial charge in [0.25, 0.3) is 0 Å². The number of carbonyl (C=O) groups is 4. The SMILES string of the molecule is CCNC(=O)C(CC(C)C)NC(=O)C(CC)NC(=O)C(CC1CCCCC1)NC(=O)OCC1c2ccccc2-c2ccccc21. The number of rotatable bonds is 14. The van der Waals surface area contributed by atoms with Gasteiger partial charge in [0.2, 0.25) is 17.7 Å². The van der Waals surface area contributed by atoms with Crippen molar-refractivity contribution >= 4 is 23.8 Å². The number of fused-ring (bicyclic) bond motifs is 3. The third-order valence-electron chi connectivity index (χ3n) is 8.98. The second kappa shape index (κ2) is 16.4. The lowest BCUT2D eigenvalue weighted by molar-refractivity contribution is -0.133. The summed E-state index contributed by atoms with van der Waals surface area (Å²) in [4.78, 5) is 52.8. The van der Waals surface area contributed by atoms with Crippen molar-refractivity contribution in [2.45, 2.75) is 103 Å². The van der Waals surface area contributed by atoms with Gasteiger partial charge in [-0.15, -0.1) is 0 Å². The summed E-state index contributed by atoms with van der Waals surface area (Å²) >= 11 is 0. The lowest BCUT2D eigenvalue weighted by Gasteiger charge is -2.28. The normalized spacial score (nSPS) is 16.6. The van der Waals surface area contributed by atoms with Crippen molar-refractivity contribution < 1.29 is 23.9 Å². The molecule has 0 aromatic heterocycles. The highest BCUT2D eigenvalue weighted by molar-refractivity contribution is 5.93. The van der Waals surface area contributed by atoms with Crippen molar-refractivity contribution in [3.05, 3.63) is 59.7 Å². The molecule has 0 heterocycles. The molecule has 4 amide bonds. The largest absolute Gasteiger partial charge is 0.449 e. The van der Waals surface area contributed by atoms with E-state index in [4.69, 9.17) is 4.74 Å². The number of likely N-dealkylation sites (N-methyl/N-ethyl adjacent to an activating group) is 1. The van der Waals surface area contributed by atoms with E-state index in [1.165, 1.54) is 6.42 Å². The molecule has 1 fully saturated rings. The number of carbonyl (C=O) groups excluding carboxylic acids is 4. The smallest absolute Gasteiger partial charge is 0.407 e. The molecule has 9 nitrogen and oxygen atoms in total. The Labute approximate surface area is 267 Å². The number of nitrogens with one attached hydrogen (secondary N) is 4. The van der Waals surface area contributed by atoms with Crippen molar-refractivity contribution in [1.82, 2.24) is 21.3 Å². The molecule has 0 radical (unpaired) electrons. The van der Waals surface area contributed by atoms with Crippen LogP contribution in [0, 0.1) is 11.8 Å². The van der Waals surface area contributed by atoms with Gasteiger partial charge in [-0.2, -0.15) is 0 Å².